The van der Waals surface area contributed by atoms with Gasteiger partial charge in [0.2, 0.25) is 0 Å². The Hall–Kier alpha value is -0.860. The molecule has 0 heterocycles. The summed E-state index contributed by atoms with van der Waals surface area (Å²) >= 11 is 0. The lowest BCUT2D eigenvalue weighted by Gasteiger charge is -2.34. The van der Waals surface area contributed by atoms with Gasteiger partial charge < -0.3 is 4.84 Å². The molecule has 0 aromatic carbocycles. The summed E-state index contributed by atoms with van der Waals surface area (Å²) in [5.74, 6) is 0.378. The second-order valence-electron chi connectivity index (χ2n) is 5.61. The van der Waals surface area contributed by atoms with Gasteiger partial charge in [-0.05, 0) is 30.6 Å². The Balaban J connectivity index is 2.26. The lowest BCUT2D eigenvalue weighted by Crippen LogP contribution is -2.32. The van der Waals surface area contributed by atoms with Gasteiger partial charge in [-0.25, -0.2) is 4.79 Å². The molecule has 0 spiro atoms. The molecule has 2 atom stereocenters. The lowest BCUT2D eigenvalue weighted by atomic mass is 9.70. The molecule has 2 unspecified atom stereocenters. The number of carbonyl (C=O) groups is 1. The van der Waals surface area contributed by atoms with Crippen LogP contribution in [0.2, 0.25) is 0 Å². The van der Waals surface area contributed by atoms with Crippen LogP contribution in [-0.2, 0) is 9.63 Å². The number of nitrogens with zero attached hydrogens (tertiary/aromatic N) is 1. The van der Waals surface area contributed by atoms with Crippen molar-refractivity contribution in [3.8, 4) is 0 Å². The fraction of sp³-hybridized carbons (Fsp3) is 0.833. The van der Waals surface area contributed by atoms with Crippen molar-refractivity contribution < 1.29 is 9.63 Å². The zero-order chi connectivity index (χ0) is 11.3. The van der Waals surface area contributed by atoms with E-state index in [0.29, 0.717) is 11.3 Å². The van der Waals surface area contributed by atoms with E-state index >= 15 is 0 Å². The maximum atomic E-state index is 10.7. The predicted octanol–water partition coefficient (Wildman–Crippen LogP) is 2.75. The minimum atomic E-state index is -0.327. The molecule has 0 aromatic heterocycles. The quantitative estimate of drug-likeness (QED) is 0.492. The van der Waals surface area contributed by atoms with Crippen LogP contribution >= 0.6 is 0 Å². The number of hydrogen-bond acceptors (Lipinski definition) is 3. The largest absolute Gasteiger partial charge is 0.331 e. The van der Waals surface area contributed by atoms with Gasteiger partial charge >= 0.3 is 5.97 Å². The fourth-order valence-corrected chi connectivity index (χ4v) is 3.19. The van der Waals surface area contributed by atoms with Crippen molar-refractivity contribution in [1.82, 2.24) is 0 Å². The SMILES string of the molecule is CC(=O)O/N=C1/CC2CCC1(C)C2(C)C. The van der Waals surface area contributed by atoms with Crippen LogP contribution < -0.4 is 0 Å². The number of rotatable bonds is 1. The first-order valence-corrected chi connectivity index (χ1v) is 5.63. The van der Waals surface area contributed by atoms with Gasteiger partial charge in [0, 0.05) is 12.3 Å². The number of carbonyl (C=O) groups excluding carboxylic acids is 1. The van der Waals surface area contributed by atoms with Crippen molar-refractivity contribution in [3.05, 3.63) is 0 Å². The van der Waals surface area contributed by atoms with E-state index in [4.69, 9.17) is 4.84 Å². The van der Waals surface area contributed by atoms with Crippen molar-refractivity contribution in [1.29, 1.82) is 0 Å². The molecule has 3 heteroatoms. The highest BCUT2D eigenvalue weighted by Gasteiger charge is 2.60. The average molecular weight is 209 g/mol. The van der Waals surface area contributed by atoms with Crippen molar-refractivity contribution in [3.63, 3.8) is 0 Å². The van der Waals surface area contributed by atoms with E-state index in [1.165, 1.54) is 19.8 Å². The summed E-state index contributed by atoms with van der Waals surface area (Å²) in [5, 5.41) is 4.04. The molecular weight excluding hydrogens is 190 g/mol. The molecule has 2 saturated carbocycles. The van der Waals surface area contributed by atoms with Crippen LogP contribution in [0, 0.1) is 16.7 Å². The molecule has 0 aliphatic heterocycles. The Bertz CT molecular complexity index is 333. The number of oxime groups is 1. The minimum absolute atomic E-state index is 0.132. The van der Waals surface area contributed by atoms with E-state index in [1.54, 1.807) is 0 Å². The highest BCUT2D eigenvalue weighted by molar-refractivity contribution is 5.94. The summed E-state index contributed by atoms with van der Waals surface area (Å²) in [4.78, 5) is 15.5. The van der Waals surface area contributed by atoms with Crippen LogP contribution in [-0.4, -0.2) is 11.7 Å². The van der Waals surface area contributed by atoms with Gasteiger partial charge in [-0.3, -0.25) is 0 Å². The maximum absolute atomic E-state index is 10.7. The molecule has 2 aliphatic rings. The van der Waals surface area contributed by atoms with Gasteiger partial charge in [0.1, 0.15) is 0 Å². The van der Waals surface area contributed by atoms with Gasteiger partial charge in [-0.2, -0.15) is 0 Å². The molecule has 0 radical (unpaired) electrons. The van der Waals surface area contributed by atoms with Crippen LogP contribution in [0.3, 0.4) is 0 Å². The summed E-state index contributed by atoms with van der Waals surface area (Å²) in [6, 6.07) is 0. The van der Waals surface area contributed by atoms with E-state index < -0.39 is 0 Å². The van der Waals surface area contributed by atoms with E-state index in [2.05, 4.69) is 25.9 Å². The summed E-state index contributed by atoms with van der Waals surface area (Å²) in [5.41, 5.74) is 1.51. The second kappa shape index (κ2) is 3.06. The van der Waals surface area contributed by atoms with Crippen molar-refractivity contribution in [2.24, 2.45) is 21.9 Å². The third kappa shape index (κ3) is 1.32. The second-order valence-corrected chi connectivity index (χ2v) is 5.61. The normalized spacial score (nSPS) is 39.7. The van der Waals surface area contributed by atoms with Crippen molar-refractivity contribution >= 4 is 11.7 Å². The van der Waals surface area contributed by atoms with Gasteiger partial charge in [0.05, 0.1) is 5.71 Å². The van der Waals surface area contributed by atoms with Gasteiger partial charge in [0.25, 0.3) is 0 Å². The lowest BCUT2D eigenvalue weighted by molar-refractivity contribution is -0.141. The Morgan fingerprint density at radius 2 is 2.13 bits per heavy atom. The molecule has 0 amide bonds. The van der Waals surface area contributed by atoms with E-state index in [0.717, 1.165) is 12.1 Å². The van der Waals surface area contributed by atoms with Crippen molar-refractivity contribution in [2.45, 2.75) is 47.0 Å². The fourth-order valence-electron chi connectivity index (χ4n) is 3.19. The van der Waals surface area contributed by atoms with Crippen LogP contribution in [0.1, 0.15) is 47.0 Å². The molecule has 2 aliphatic carbocycles. The van der Waals surface area contributed by atoms with Crippen LogP contribution in [0.15, 0.2) is 5.16 Å². The third-order valence-corrected chi connectivity index (χ3v) is 4.80. The molecule has 0 N–H and O–H groups in total. The summed E-state index contributed by atoms with van der Waals surface area (Å²) in [6.45, 7) is 8.26. The van der Waals surface area contributed by atoms with Crippen LogP contribution in [0.4, 0.5) is 0 Å². The zero-order valence-corrected chi connectivity index (χ0v) is 9.96. The minimum Gasteiger partial charge on any atom is -0.319 e. The van der Waals surface area contributed by atoms with E-state index in [9.17, 15) is 4.79 Å². The summed E-state index contributed by atoms with van der Waals surface area (Å²) in [7, 11) is 0. The Morgan fingerprint density at radius 3 is 2.53 bits per heavy atom. The molecule has 2 fully saturated rings. The summed E-state index contributed by atoms with van der Waals surface area (Å²) in [6.07, 6.45) is 3.45. The van der Waals surface area contributed by atoms with Crippen molar-refractivity contribution in [2.75, 3.05) is 0 Å². The zero-order valence-electron chi connectivity index (χ0n) is 9.96. The first-order valence-electron chi connectivity index (χ1n) is 5.63. The first-order chi connectivity index (χ1) is 6.88. The highest BCUT2D eigenvalue weighted by Crippen LogP contribution is 2.63. The molecular formula is C12H19NO2. The number of hydrogen-bond donors (Lipinski definition) is 0. The Morgan fingerprint density at radius 1 is 1.47 bits per heavy atom. The first kappa shape index (κ1) is 10.7. The van der Waals surface area contributed by atoms with E-state index in [1.807, 2.05) is 0 Å². The molecule has 2 bridgehead atoms. The Kier molecular flexibility index (Phi) is 2.18. The molecule has 15 heavy (non-hydrogen) atoms. The number of fused-ring (bicyclic) bond motifs is 2. The molecule has 3 nitrogen and oxygen atoms in total. The monoisotopic (exact) mass is 209 g/mol. The predicted molar refractivity (Wildman–Crippen MR) is 58.4 cm³/mol. The Labute approximate surface area is 90.9 Å². The standard InChI is InChI=1S/C12H19NO2/c1-8(14)15-13-10-7-9-5-6-12(10,4)11(9,2)3/h9H,5-7H2,1-4H3/b13-10-. The third-order valence-electron chi connectivity index (χ3n) is 4.80. The average Bonchev–Trinajstić information content (AvgIpc) is 2.46. The van der Waals surface area contributed by atoms with Gasteiger partial charge in [-0.1, -0.05) is 25.9 Å². The smallest absolute Gasteiger partial charge is 0.319 e. The van der Waals surface area contributed by atoms with Crippen LogP contribution in [0.25, 0.3) is 0 Å². The van der Waals surface area contributed by atoms with Gasteiger partial charge in [0.15, 0.2) is 0 Å². The highest BCUT2D eigenvalue weighted by atomic mass is 16.7. The molecule has 0 aromatic rings. The van der Waals surface area contributed by atoms with Crippen LogP contribution in [0.5, 0.6) is 0 Å². The van der Waals surface area contributed by atoms with Gasteiger partial charge in [-0.15, -0.1) is 0 Å². The molecule has 0 saturated heterocycles. The topological polar surface area (TPSA) is 38.7 Å². The molecule has 2 rings (SSSR count). The maximum Gasteiger partial charge on any atom is 0.331 e. The van der Waals surface area contributed by atoms with E-state index in [-0.39, 0.29) is 11.4 Å². The molecule has 84 valence electrons. The summed E-state index contributed by atoms with van der Waals surface area (Å²) < 4.78 is 0.